The van der Waals surface area contributed by atoms with Crippen LogP contribution >= 0.6 is 0 Å². The fraction of sp³-hybridized carbons (Fsp3) is 0.214. The monoisotopic (exact) mass is 501 g/mol. The van der Waals surface area contributed by atoms with Crippen molar-refractivity contribution in [1.29, 1.82) is 0 Å². The predicted octanol–water partition coefficient (Wildman–Crippen LogP) is 2.58. The van der Waals surface area contributed by atoms with E-state index in [2.05, 4.69) is 10.6 Å². The van der Waals surface area contributed by atoms with Crippen molar-refractivity contribution in [3.63, 3.8) is 0 Å². The van der Waals surface area contributed by atoms with Crippen LogP contribution in [-0.4, -0.2) is 47.7 Å². The van der Waals surface area contributed by atoms with E-state index in [-0.39, 0.29) is 18.9 Å². The lowest BCUT2D eigenvalue weighted by Gasteiger charge is -2.21. The molecule has 0 radical (unpaired) electrons. The fourth-order valence-electron chi connectivity index (χ4n) is 4.51. The Labute approximate surface area is 213 Å². The Balaban J connectivity index is 1.41. The number of benzene rings is 3. The largest absolute Gasteiger partial charge is 0.481 e. The lowest BCUT2D eigenvalue weighted by atomic mass is 9.98. The zero-order chi connectivity index (χ0) is 26.4. The fourth-order valence-corrected chi connectivity index (χ4v) is 4.51. The highest BCUT2D eigenvalue weighted by atomic mass is 16.5. The maximum atomic E-state index is 12.9. The normalized spacial score (nSPS) is 13.5. The van der Waals surface area contributed by atoms with Crippen LogP contribution in [0.4, 0.5) is 4.79 Å². The third kappa shape index (κ3) is 6.13. The number of hydrogen-bond acceptors (Lipinski definition) is 5. The zero-order valence-corrected chi connectivity index (χ0v) is 19.9. The van der Waals surface area contributed by atoms with Crippen LogP contribution in [0.25, 0.3) is 11.1 Å². The summed E-state index contributed by atoms with van der Waals surface area (Å²) in [6, 6.07) is 22.0. The molecule has 0 aromatic heterocycles. The van der Waals surface area contributed by atoms with Crippen molar-refractivity contribution >= 4 is 23.9 Å². The number of nitrogens with one attached hydrogen (secondary N) is 2. The number of rotatable bonds is 10. The molecule has 1 aliphatic rings. The Morgan fingerprint density at radius 2 is 1.38 bits per heavy atom. The molecule has 1 aliphatic carbocycles. The topological polar surface area (TPSA) is 148 Å². The third-order valence-corrected chi connectivity index (χ3v) is 6.27. The molecule has 0 fully saturated rings. The molecular weight excluding hydrogens is 474 g/mol. The van der Waals surface area contributed by atoms with Crippen molar-refractivity contribution in [3.05, 3.63) is 95.6 Å². The van der Waals surface area contributed by atoms with Gasteiger partial charge in [-0.1, -0.05) is 78.9 Å². The first-order chi connectivity index (χ1) is 17.8. The second-order valence-electron chi connectivity index (χ2n) is 8.77. The zero-order valence-electron chi connectivity index (χ0n) is 19.9. The molecule has 0 heterocycles. The van der Waals surface area contributed by atoms with Gasteiger partial charge < -0.3 is 26.2 Å². The average molecular weight is 502 g/mol. The molecule has 190 valence electrons. The molecule has 9 nitrogen and oxygen atoms in total. The van der Waals surface area contributed by atoms with Gasteiger partial charge in [-0.15, -0.1) is 0 Å². The van der Waals surface area contributed by atoms with E-state index >= 15 is 0 Å². The summed E-state index contributed by atoms with van der Waals surface area (Å²) in [5.41, 5.74) is 10.4. The van der Waals surface area contributed by atoms with Crippen LogP contribution in [-0.2, 0) is 25.5 Å². The highest BCUT2D eigenvalue weighted by Gasteiger charge is 2.31. The van der Waals surface area contributed by atoms with Crippen molar-refractivity contribution in [2.75, 3.05) is 6.61 Å². The summed E-state index contributed by atoms with van der Waals surface area (Å²) >= 11 is 0. The Kier molecular flexibility index (Phi) is 7.83. The molecule has 2 atom stereocenters. The molecule has 9 heteroatoms. The SMILES string of the molecule is NC(=O)C(Cc1ccccc1)NC(=O)C(CC(=O)O)NC(=O)OCC1c2ccccc2-c2ccccc21. The minimum Gasteiger partial charge on any atom is -0.481 e. The number of carboxylic acids is 1. The molecule has 0 spiro atoms. The molecular formula is C28H27N3O6. The van der Waals surface area contributed by atoms with Gasteiger partial charge >= 0.3 is 12.1 Å². The number of nitrogens with two attached hydrogens (primary N) is 1. The number of primary amides is 1. The van der Waals surface area contributed by atoms with Gasteiger partial charge in [-0.2, -0.15) is 0 Å². The summed E-state index contributed by atoms with van der Waals surface area (Å²) in [5, 5.41) is 14.1. The quantitative estimate of drug-likeness (QED) is 0.336. The highest BCUT2D eigenvalue weighted by Crippen LogP contribution is 2.44. The second-order valence-corrected chi connectivity index (χ2v) is 8.77. The smallest absolute Gasteiger partial charge is 0.407 e. The van der Waals surface area contributed by atoms with E-state index in [0.717, 1.165) is 27.8 Å². The number of ether oxygens (including phenoxy) is 1. The van der Waals surface area contributed by atoms with Crippen molar-refractivity contribution in [1.82, 2.24) is 10.6 Å². The van der Waals surface area contributed by atoms with Gasteiger partial charge in [0.15, 0.2) is 0 Å². The number of carbonyl (C=O) groups is 4. The van der Waals surface area contributed by atoms with Crippen LogP contribution < -0.4 is 16.4 Å². The first-order valence-corrected chi connectivity index (χ1v) is 11.8. The number of aliphatic carboxylic acids is 1. The van der Waals surface area contributed by atoms with Crippen LogP contribution in [0.15, 0.2) is 78.9 Å². The summed E-state index contributed by atoms with van der Waals surface area (Å²) in [6.45, 7) is -0.000805. The van der Waals surface area contributed by atoms with Crippen LogP contribution in [0, 0.1) is 0 Å². The van der Waals surface area contributed by atoms with Gasteiger partial charge in [0, 0.05) is 12.3 Å². The van der Waals surface area contributed by atoms with E-state index in [1.807, 2.05) is 54.6 Å². The van der Waals surface area contributed by atoms with Crippen LogP contribution in [0.5, 0.6) is 0 Å². The van der Waals surface area contributed by atoms with Crippen LogP contribution in [0.3, 0.4) is 0 Å². The van der Waals surface area contributed by atoms with E-state index in [1.165, 1.54) is 0 Å². The maximum Gasteiger partial charge on any atom is 0.407 e. The molecule has 0 saturated heterocycles. The molecule has 4 rings (SSSR count). The van der Waals surface area contributed by atoms with Gasteiger partial charge in [-0.3, -0.25) is 14.4 Å². The first-order valence-electron chi connectivity index (χ1n) is 11.8. The van der Waals surface area contributed by atoms with E-state index in [9.17, 15) is 24.3 Å². The van der Waals surface area contributed by atoms with Gasteiger partial charge in [0.25, 0.3) is 0 Å². The summed E-state index contributed by atoms with van der Waals surface area (Å²) in [7, 11) is 0. The lowest BCUT2D eigenvalue weighted by Crippen LogP contribution is -2.54. The Bertz CT molecular complexity index is 1260. The number of carboxylic acid groups (broad SMARTS) is 1. The van der Waals surface area contributed by atoms with Crippen molar-refractivity contribution in [2.24, 2.45) is 5.73 Å². The Morgan fingerprint density at radius 3 is 1.95 bits per heavy atom. The standard InChI is InChI=1S/C28H27N3O6/c29-26(34)23(14-17-8-2-1-3-9-17)30-27(35)24(15-25(32)33)31-28(36)37-16-22-20-12-6-4-10-18(20)19-11-5-7-13-21(19)22/h1-13,22-24H,14-16H2,(H2,29,34)(H,30,35)(H,31,36)(H,32,33). The molecule has 0 aliphatic heterocycles. The van der Waals surface area contributed by atoms with Crippen molar-refractivity contribution < 1.29 is 29.0 Å². The first kappa shape index (κ1) is 25.4. The number of amides is 3. The molecule has 3 aromatic carbocycles. The Hall–Kier alpha value is -4.66. The number of alkyl carbamates (subject to hydrolysis) is 1. The maximum absolute atomic E-state index is 12.9. The van der Waals surface area contributed by atoms with Crippen molar-refractivity contribution in [2.45, 2.75) is 30.8 Å². The minimum atomic E-state index is -1.47. The molecule has 3 amide bonds. The van der Waals surface area contributed by atoms with E-state index in [4.69, 9.17) is 10.5 Å². The minimum absolute atomic E-state index is 0.000805. The summed E-state index contributed by atoms with van der Waals surface area (Å²) in [6.07, 6.45) is -1.53. The highest BCUT2D eigenvalue weighted by molar-refractivity contribution is 5.93. The summed E-state index contributed by atoms with van der Waals surface area (Å²) in [5.74, 6) is -3.14. The summed E-state index contributed by atoms with van der Waals surface area (Å²) < 4.78 is 5.44. The number of carbonyl (C=O) groups excluding carboxylic acids is 3. The van der Waals surface area contributed by atoms with Crippen LogP contribution in [0.2, 0.25) is 0 Å². The molecule has 0 bridgehead atoms. The van der Waals surface area contributed by atoms with Gasteiger partial charge in [-0.05, 0) is 27.8 Å². The van der Waals surface area contributed by atoms with Gasteiger partial charge in [-0.25, -0.2) is 4.79 Å². The number of fused-ring (bicyclic) bond motifs is 3. The van der Waals surface area contributed by atoms with Gasteiger partial charge in [0.2, 0.25) is 11.8 Å². The third-order valence-electron chi connectivity index (χ3n) is 6.27. The molecule has 3 aromatic rings. The summed E-state index contributed by atoms with van der Waals surface area (Å²) in [4.78, 5) is 48.8. The number of hydrogen-bond donors (Lipinski definition) is 4. The Morgan fingerprint density at radius 1 is 0.811 bits per heavy atom. The van der Waals surface area contributed by atoms with E-state index < -0.39 is 42.4 Å². The lowest BCUT2D eigenvalue weighted by molar-refractivity contribution is -0.140. The molecule has 0 saturated carbocycles. The average Bonchev–Trinajstić information content (AvgIpc) is 3.20. The van der Waals surface area contributed by atoms with E-state index in [0.29, 0.717) is 0 Å². The van der Waals surface area contributed by atoms with E-state index in [1.54, 1.807) is 24.3 Å². The van der Waals surface area contributed by atoms with Crippen molar-refractivity contribution in [3.8, 4) is 11.1 Å². The molecule has 5 N–H and O–H groups in total. The predicted molar refractivity (Wildman–Crippen MR) is 136 cm³/mol. The van der Waals surface area contributed by atoms with Gasteiger partial charge in [0.1, 0.15) is 18.7 Å². The van der Waals surface area contributed by atoms with Crippen LogP contribution in [0.1, 0.15) is 29.0 Å². The van der Waals surface area contributed by atoms with Gasteiger partial charge in [0.05, 0.1) is 6.42 Å². The molecule has 37 heavy (non-hydrogen) atoms. The molecule has 2 unspecified atom stereocenters. The second kappa shape index (κ2) is 11.4.